The Hall–Kier alpha value is -1.85. The number of aromatic amines is 3. The predicted molar refractivity (Wildman–Crippen MR) is 37.3 cm³/mol. The molecule has 0 saturated carbocycles. The first-order valence-corrected chi connectivity index (χ1v) is 2.93. The standard InChI is InChI=1S/C5H4N4O2/c10-4-5(11)8-3-2(7-4)1-6-9-3/h1H,(H,7,10)(H2,6,8,9,11). The van der Waals surface area contributed by atoms with E-state index >= 15 is 0 Å². The molecule has 11 heavy (non-hydrogen) atoms. The van der Waals surface area contributed by atoms with Gasteiger partial charge in [-0.3, -0.25) is 14.7 Å². The number of fused-ring (bicyclic) bond motifs is 1. The maximum Gasteiger partial charge on any atom is 0.315 e. The smallest absolute Gasteiger partial charge is 0.313 e. The zero-order valence-electron chi connectivity index (χ0n) is 5.34. The third-order valence-electron chi connectivity index (χ3n) is 1.33. The van der Waals surface area contributed by atoms with E-state index in [1.165, 1.54) is 6.20 Å². The zero-order chi connectivity index (χ0) is 7.84. The molecule has 0 atom stereocenters. The Balaban J connectivity index is 3.09. The van der Waals surface area contributed by atoms with Crippen molar-refractivity contribution >= 4 is 11.2 Å². The first kappa shape index (κ1) is 5.90. The van der Waals surface area contributed by atoms with Crippen LogP contribution in [-0.2, 0) is 0 Å². The van der Waals surface area contributed by atoms with Crippen LogP contribution in [0.1, 0.15) is 0 Å². The van der Waals surface area contributed by atoms with Gasteiger partial charge in [-0.25, -0.2) is 0 Å². The Kier molecular flexibility index (Phi) is 0.974. The van der Waals surface area contributed by atoms with Crippen LogP contribution in [0.25, 0.3) is 11.2 Å². The fourth-order valence-corrected chi connectivity index (χ4v) is 0.826. The van der Waals surface area contributed by atoms with Crippen LogP contribution in [0.5, 0.6) is 0 Å². The fraction of sp³-hybridized carbons (Fsp3) is 0. The summed E-state index contributed by atoms with van der Waals surface area (Å²) in [6.07, 6.45) is 1.42. The highest BCUT2D eigenvalue weighted by Crippen LogP contribution is 1.95. The second-order valence-electron chi connectivity index (χ2n) is 2.07. The van der Waals surface area contributed by atoms with Crippen LogP contribution in [0.15, 0.2) is 15.8 Å². The van der Waals surface area contributed by atoms with Gasteiger partial charge in [0.05, 0.1) is 6.20 Å². The Bertz CT molecular complexity index is 447. The van der Waals surface area contributed by atoms with Gasteiger partial charge in [0.15, 0.2) is 5.65 Å². The van der Waals surface area contributed by atoms with Gasteiger partial charge in [0.1, 0.15) is 5.52 Å². The second kappa shape index (κ2) is 1.82. The lowest BCUT2D eigenvalue weighted by Gasteiger charge is -1.84. The molecule has 2 rings (SSSR count). The van der Waals surface area contributed by atoms with Crippen molar-refractivity contribution in [2.75, 3.05) is 0 Å². The summed E-state index contributed by atoms with van der Waals surface area (Å²) in [5.74, 6) is 0. The summed E-state index contributed by atoms with van der Waals surface area (Å²) in [6, 6.07) is 0. The molecule has 0 amide bonds. The lowest BCUT2D eigenvalue weighted by Crippen LogP contribution is -2.28. The average molecular weight is 152 g/mol. The highest BCUT2D eigenvalue weighted by Gasteiger charge is 1.98. The minimum atomic E-state index is -0.679. The van der Waals surface area contributed by atoms with E-state index in [4.69, 9.17) is 0 Å². The molecule has 0 radical (unpaired) electrons. The molecule has 0 bridgehead atoms. The van der Waals surface area contributed by atoms with Crippen LogP contribution in [0.3, 0.4) is 0 Å². The zero-order valence-corrected chi connectivity index (χ0v) is 5.34. The molecule has 0 aromatic carbocycles. The van der Waals surface area contributed by atoms with E-state index in [1.807, 2.05) is 0 Å². The fourth-order valence-electron chi connectivity index (χ4n) is 0.826. The van der Waals surface area contributed by atoms with Gasteiger partial charge >= 0.3 is 11.1 Å². The number of aromatic nitrogens is 4. The Morgan fingerprint density at radius 3 is 2.73 bits per heavy atom. The molecule has 3 N–H and O–H groups in total. The highest BCUT2D eigenvalue weighted by molar-refractivity contribution is 5.67. The molecule has 0 spiro atoms. The van der Waals surface area contributed by atoms with Gasteiger partial charge in [0.2, 0.25) is 0 Å². The van der Waals surface area contributed by atoms with E-state index in [1.54, 1.807) is 0 Å². The summed E-state index contributed by atoms with van der Waals surface area (Å²) in [6.45, 7) is 0. The van der Waals surface area contributed by atoms with Crippen LogP contribution < -0.4 is 11.1 Å². The molecule has 6 nitrogen and oxygen atoms in total. The van der Waals surface area contributed by atoms with Crippen molar-refractivity contribution in [2.24, 2.45) is 0 Å². The number of hydrogen-bond acceptors (Lipinski definition) is 3. The molecular formula is C5H4N4O2. The quantitative estimate of drug-likeness (QED) is 0.420. The molecule has 6 heteroatoms. The summed E-state index contributed by atoms with van der Waals surface area (Å²) in [4.78, 5) is 26.0. The normalized spacial score (nSPS) is 10.5. The Morgan fingerprint density at radius 1 is 1.18 bits per heavy atom. The first-order chi connectivity index (χ1) is 5.27. The number of nitrogens with zero attached hydrogens (tertiary/aromatic N) is 1. The molecule has 0 fully saturated rings. The minimum absolute atomic E-state index is 0.426. The van der Waals surface area contributed by atoms with Crippen LogP contribution in [-0.4, -0.2) is 20.2 Å². The van der Waals surface area contributed by atoms with Crippen LogP contribution in [0.4, 0.5) is 0 Å². The van der Waals surface area contributed by atoms with Gasteiger partial charge in [0.25, 0.3) is 0 Å². The van der Waals surface area contributed by atoms with Gasteiger partial charge in [-0.2, -0.15) is 5.10 Å². The molecule has 2 aromatic heterocycles. The van der Waals surface area contributed by atoms with Gasteiger partial charge in [-0.05, 0) is 0 Å². The largest absolute Gasteiger partial charge is 0.315 e. The highest BCUT2D eigenvalue weighted by atomic mass is 16.2. The Labute approximate surface area is 59.3 Å². The number of nitrogens with one attached hydrogen (secondary N) is 3. The first-order valence-electron chi connectivity index (χ1n) is 2.93. The molecule has 0 unspecified atom stereocenters. The monoisotopic (exact) mass is 152 g/mol. The van der Waals surface area contributed by atoms with Gasteiger partial charge in [-0.1, -0.05) is 0 Å². The second-order valence-corrected chi connectivity index (χ2v) is 2.07. The molecule has 2 heterocycles. The summed E-state index contributed by atoms with van der Waals surface area (Å²) < 4.78 is 0. The number of rotatable bonds is 0. The molecule has 0 aliphatic heterocycles. The van der Waals surface area contributed by atoms with Crippen molar-refractivity contribution in [1.29, 1.82) is 0 Å². The third-order valence-corrected chi connectivity index (χ3v) is 1.33. The van der Waals surface area contributed by atoms with E-state index in [9.17, 15) is 9.59 Å². The maximum atomic E-state index is 10.7. The van der Waals surface area contributed by atoms with Crippen molar-refractivity contribution < 1.29 is 0 Å². The molecular weight excluding hydrogens is 148 g/mol. The van der Waals surface area contributed by atoms with Gasteiger partial charge in [-0.15, -0.1) is 0 Å². The summed E-state index contributed by atoms with van der Waals surface area (Å²) >= 11 is 0. The maximum absolute atomic E-state index is 10.7. The lowest BCUT2D eigenvalue weighted by atomic mass is 10.5. The third kappa shape index (κ3) is 0.759. The molecule has 56 valence electrons. The Morgan fingerprint density at radius 2 is 1.91 bits per heavy atom. The topological polar surface area (TPSA) is 94.4 Å². The lowest BCUT2D eigenvalue weighted by molar-refractivity contribution is 1.08. The number of hydrogen-bond donors (Lipinski definition) is 3. The van der Waals surface area contributed by atoms with E-state index in [0.29, 0.717) is 11.2 Å². The summed E-state index contributed by atoms with van der Waals surface area (Å²) in [5.41, 5.74) is -0.426. The van der Waals surface area contributed by atoms with Gasteiger partial charge < -0.3 is 9.97 Å². The van der Waals surface area contributed by atoms with Crippen LogP contribution in [0, 0.1) is 0 Å². The molecule has 0 aliphatic rings. The van der Waals surface area contributed by atoms with Crippen molar-refractivity contribution in [3.05, 3.63) is 26.9 Å². The van der Waals surface area contributed by atoms with Crippen molar-refractivity contribution in [2.45, 2.75) is 0 Å². The van der Waals surface area contributed by atoms with Crippen molar-refractivity contribution in [1.82, 2.24) is 20.2 Å². The van der Waals surface area contributed by atoms with E-state index in [-0.39, 0.29) is 0 Å². The predicted octanol–water partition coefficient (Wildman–Crippen LogP) is -1.06. The van der Waals surface area contributed by atoms with Crippen molar-refractivity contribution in [3.63, 3.8) is 0 Å². The van der Waals surface area contributed by atoms with E-state index < -0.39 is 11.1 Å². The van der Waals surface area contributed by atoms with E-state index in [2.05, 4.69) is 20.2 Å². The van der Waals surface area contributed by atoms with Crippen molar-refractivity contribution in [3.8, 4) is 0 Å². The minimum Gasteiger partial charge on any atom is -0.313 e. The number of H-pyrrole nitrogens is 3. The summed E-state index contributed by atoms with van der Waals surface area (Å²) in [5, 5.41) is 6.13. The molecule has 2 aromatic rings. The van der Waals surface area contributed by atoms with Crippen LogP contribution >= 0.6 is 0 Å². The van der Waals surface area contributed by atoms with E-state index in [0.717, 1.165) is 0 Å². The average Bonchev–Trinajstić information content (AvgIpc) is 2.36. The van der Waals surface area contributed by atoms with Crippen LogP contribution in [0.2, 0.25) is 0 Å². The summed E-state index contributed by atoms with van der Waals surface area (Å²) in [7, 11) is 0. The molecule has 0 saturated heterocycles. The molecule has 0 aliphatic carbocycles. The SMILES string of the molecule is O=c1[nH]c2cn[nH]c2[nH]c1=O. The van der Waals surface area contributed by atoms with Gasteiger partial charge in [0, 0.05) is 0 Å².